The van der Waals surface area contributed by atoms with Gasteiger partial charge >= 0.3 is 6.18 Å². The zero-order valence-corrected chi connectivity index (χ0v) is 12.4. The number of aryl methyl sites for hydroxylation is 1. The monoisotopic (exact) mass is 339 g/mol. The molecule has 1 aromatic rings. The molecule has 0 aliphatic carbocycles. The molecule has 1 aliphatic rings. The molecule has 24 heavy (non-hydrogen) atoms. The second-order valence-corrected chi connectivity index (χ2v) is 5.19. The Hall–Kier alpha value is -2.86. The molecule has 3 N–H and O–H groups in total. The van der Waals surface area contributed by atoms with Crippen LogP contribution in [0.2, 0.25) is 0 Å². The Morgan fingerprint density at radius 3 is 2.58 bits per heavy atom. The van der Waals surface area contributed by atoms with Crippen LogP contribution in [0.4, 0.5) is 13.2 Å². The number of nitriles is 1. The van der Waals surface area contributed by atoms with Gasteiger partial charge in [-0.25, -0.2) is 0 Å². The summed E-state index contributed by atoms with van der Waals surface area (Å²) in [6, 6.07) is 5.91. The Kier molecular flexibility index (Phi) is 4.61. The number of amides is 1. The summed E-state index contributed by atoms with van der Waals surface area (Å²) in [5.74, 6) is -2.10. The maximum atomic E-state index is 12.7. The predicted octanol–water partition coefficient (Wildman–Crippen LogP) is 1.25. The second-order valence-electron chi connectivity index (χ2n) is 5.19. The van der Waals surface area contributed by atoms with Crippen molar-refractivity contribution in [1.82, 2.24) is 10.6 Å². The highest BCUT2D eigenvalue weighted by Gasteiger charge is 2.38. The summed E-state index contributed by atoms with van der Waals surface area (Å²) in [6.07, 6.45) is -8.03. The number of ketones is 1. The molecule has 0 aromatic heterocycles. The van der Waals surface area contributed by atoms with Gasteiger partial charge in [0.05, 0.1) is 29.3 Å². The number of alkyl halides is 3. The number of halogens is 3. The van der Waals surface area contributed by atoms with Crippen LogP contribution >= 0.6 is 0 Å². The van der Waals surface area contributed by atoms with E-state index in [0.29, 0.717) is 5.56 Å². The molecule has 1 atom stereocenters. The number of aliphatic hydroxyl groups is 1. The van der Waals surface area contributed by atoms with Gasteiger partial charge < -0.3 is 15.7 Å². The van der Waals surface area contributed by atoms with Crippen LogP contribution in [-0.4, -0.2) is 29.3 Å². The number of nitrogens with zero attached hydrogens (tertiary/aromatic N) is 1. The van der Waals surface area contributed by atoms with Crippen LogP contribution in [0.1, 0.15) is 27.9 Å². The van der Waals surface area contributed by atoms with Crippen LogP contribution < -0.4 is 10.6 Å². The highest BCUT2D eigenvalue weighted by Crippen LogP contribution is 2.28. The average molecular weight is 339 g/mol. The van der Waals surface area contributed by atoms with E-state index < -0.39 is 41.9 Å². The topological polar surface area (TPSA) is 102 Å². The standard InChI is InChI=1S/C15H12F3N3O3/c1-7-2-8(6-19)4-9(3-7)12(22)11-10(5-15(16,17)18)13(23)21-14(24)20-11/h2-4,14,20,24H,5H2,1H3,(H,21,23). The number of carbonyl (C=O) groups excluding carboxylic acids is 2. The largest absolute Gasteiger partial charge is 0.393 e. The van der Waals surface area contributed by atoms with Gasteiger partial charge in [0.1, 0.15) is 0 Å². The summed E-state index contributed by atoms with van der Waals surface area (Å²) >= 11 is 0. The first-order valence-electron chi connectivity index (χ1n) is 6.72. The first kappa shape index (κ1) is 17.5. The van der Waals surface area contributed by atoms with Crippen molar-refractivity contribution in [3.05, 3.63) is 46.2 Å². The van der Waals surface area contributed by atoms with Crippen molar-refractivity contribution >= 4 is 11.7 Å². The molecular formula is C15H12F3N3O3. The summed E-state index contributed by atoms with van der Waals surface area (Å²) in [5.41, 5.74) is -0.820. The number of nitrogens with one attached hydrogen (secondary N) is 2. The molecule has 0 fully saturated rings. The van der Waals surface area contributed by atoms with E-state index in [1.165, 1.54) is 18.2 Å². The highest BCUT2D eigenvalue weighted by molar-refractivity contribution is 6.14. The number of carbonyl (C=O) groups is 2. The van der Waals surface area contributed by atoms with Crippen molar-refractivity contribution in [3.63, 3.8) is 0 Å². The van der Waals surface area contributed by atoms with Gasteiger partial charge in [0.2, 0.25) is 12.1 Å². The van der Waals surface area contributed by atoms with Gasteiger partial charge in [0.15, 0.2) is 0 Å². The molecule has 0 spiro atoms. The fourth-order valence-corrected chi connectivity index (χ4v) is 2.28. The fourth-order valence-electron chi connectivity index (χ4n) is 2.28. The third kappa shape index (κ3) is 3.91. The van der Waals surface area contributed by atoms with Crippen LogP contribution in [0.5, 0.6) is 0 Å². The van der Waals surface area contributed by atoms with Crippen molar-refractivity contribution < 1.29 is 27.9 Å². The van der Waals surface area contributed by atoms with E-state index in [2.05, 4.69) is 5.32 Å². The molecule has 0 saturated carbocycles. The third-order valence-electron chi connectivity index (χ3n) is 3.20. The smallest absolute Gasteiger partial charge is 0.356 e. The fraction of sp³-hybridized carbons (Fsp3) is 0.267. The van der Waals surface area contributed by atoms with Gasteiger partial charge in [0.25, 0.3) is 5.91 Å². The molecule has 1 amide bonds. The normalized spacial score (nSPS) is 17.8. The van der Waals surface area contributed by atoms with E-state index in [1.54, 1.807) is 6.92 Å². The quantitative estimate of drug-likeness (QED) is 0.720. The maximum Gasteiger partial charge on any atom is 0.393 e. The van der Waals surface area contributed by atoms with E-state index in [-0.39, 0.29) is 11.1 Å². The lowest BCUT2D eigenvalue weighted by molar-refractivity contribution is -0.137. The first-order chi connectivity index (χ1) is 11.1. The summed E-state index contributed by atoms with van der Waals surface area (Å²) < 4.78 is 38.0. The number of allylic oxidation sites excluding steroid dienone is 1. The van der Waals surface area contributed by atoms with E-state index in [9.17, 15) is 27.9 Å². The van der Waals surface area contributed by atoms with Crippen molar-refractivity contribution in [2.45, 2.75) is 25.9 Å². The van der Waals surface area contributed by atoms with Gasteiger partial charge in [-0.2, -0.15) is 18.4 Å². The third-order valence-corrected chi connectivity index (χ3v) is 3.20. The number of rotatable bonds is 3. The van der Waals surface area contributed by atoms with Crippen molar-refractivity contribution in [3.8, 4) is 6.07 Å². The Morgan fingerprint density at radius 2 is 2.00 bits per heavy atom. The maximum absolute atomic E-state index is 12.7. The minimum absolute atomic E-state index is 0.0596. The lowest BCUT2D eigenvalue weighted by Crippen LogP contribution is -2.52. The number of hydrogen-bond acceptors (Lipinski definition) is 5. The molecule has 0 bridgehead atoms. The van der Waals surface area contributed by atoms with E-state index >= 15 is 0 Å². The number of Topliss-reactive ketones (excluding diaryl/α,β-unsaturated/α-hetero) is 1. The van der Waals surface area contributed by atoms with Gasteiger partial charge in [-0.05, 0) is 30.7 Å². The Bertz CT molecular complexity index is 778. The molecule has 2 rings (SSSR count). The van der Waals surface area contributed by atoms with Crippen molar-refractivity contribution in [1.29, 1.82) is 5.26 Å². The van der Waals surface area contributed by atoms with E-state index in [0.717, 1.165) is 0 Å². The zero-order valence-electron chi connectivity index (χ0n) is 12.4. The highest BCUT2D eigenvalue weighted by atomic mass is 19.4. The molecule has 1 aliphatic heterocycles. The van der Waals surface area contributed by atoms with Crippen molar-refractivity contribution in [2.75, 3.05) is 0 Å². The summed E-state index contributed by atoms with van der Waals surface area (Å²) in [7, 11) is 0. The predicted molar refractivity (Wildman–Crippen MR) is 75.2 cm³/mol. The SMILES string of the molecule is Cc1cc(C#N)cc(C(=O)C2=C(CC(F)(F)F)C(=O)NC(O)N2)c1. The number of aliphatic hydroxyl groups excluding tert-OH is 1. The van der Waals surface area contributed by atoms with Gasteiger partial charge in [-0.15, -0.1) is 0 Å². The molecule has 6 nitrogen and oxygen atoms in total. The molecule has 0 saturated heterocycles. The minimum atomic E-state index is -4.72. The average Bonchev–Trinajstić information content (AvgIpc) is 2.47. The molecule has 1 unspecified atom stereocenters. The lowest BCUT2D eigenvalue weighted by Gasteiger charge is -2.26. The van der Waals surface area contributed by atoms with Crippen LogP contribution in [0.15, 0.2) is 29.5 Å². The minimum Gasteiger partial charge on any atom is -0.356 e. The Balaban J connectivity index is 2.53. The molecule has 1 heterocycles. The van der Waals surface area contributed by atoms with E-state index in [4.69, 9.17) is 5.26 Å². The van der Waals surface area contributed by atoms with Crippen molar-refractivity contribution in [2.24, 2.45) is 0 Å². The van der Waals surface area contributed by atoms with Crippen LogP contribution in [0, 0.1) is 18.3 Å². The molecule has 1 aromatic carbocycles. The van der Waals surface area contributed by atoms with Crippen LogP contribution in [-0.2, 0) is 4.79 Å². The van der Waals surface area contributed by atoms with Gasteiger partial charge in [0, 0.05) is 5.56 Å². The zero-order chi connectivity index (χ0) is 18.1. The number of benzene rings is 1. The molecular weight excluding hydrogens is 327 g/mol. The Labute approximate surface area is 134 Å². The van der Waals surface area contributed by atoms with Gasteiger partial charge in [-0.3, -0.25) is 9.59 Å². The summed E-state index contributed by atoms with van der Waals surface area (Å²) in [4.78, 5) is 24.3. The van der Waals surface area contributed by atoms with Crippen LogP contribution in [0.3, 0.4) is 0 Å². The van der Waals surface area contributed by atoms with E-state index in [1.807, 2.05) is 11.4 Å². The molecule has 9 heteroatoms. The summed E-state index contributed by atoms with van der Waals surface area (Å²) in [5, 5.41) is 22.4. The van der Waals surface area contributed by atoms with Crippen LogP contribution in [0.25, 0.3) is 0 Å². The first-order valence-corrected chi connectivity index (χ1v) is 6.72. The molecule has 126 valence electrons. The second kappa shape index (κ2) is 6.33. The summed E-state index contributed by atoms with van der Waals surface area (Å²) in [6.45, 7) is 1.61. The van der Waals surface area contributed by atoms with Gasteiger partial charge in [-0.1, -0.05) is 0 Å². The molecule has 0 radical (unpaired) electrons. The Morgan fingerprint density at radius 1 is 1.33 bits per heavy atom. The number of hydrogen-bond donors (Lipinski definition) is 3. The lowest BCUT2D eigenvalue weighted by atomic mass is 9.97.